The molecule has 1 saturated carbocycles. The van der Waals surface area contributed by atoms with Gasteiger partial charge < -0.3 is 19.5 Å². The predicted octanol–water partition coefficient (Wildman–Crippen LogP) is 1.63. The summed E-state index contributed by atoms with van der Waals surface area (Å²) in [4.78, 5) is 35.1. The number of carbonyl (C=O) groups is 3. The summed E-state index contributed by atoms with van der Waals surface area (Å²) in [5.41, 5.74) is -0.485. The largest absolute Gasteiger partial charge is 0.493 e. The molecule has 1 atom stereocenters. The number of benzene rings is 1. The number of Topliss-reactive ketones (excluding diaryl/α,β-unsaturated/α-hetero) is 1. The standard InChI is InChI=1S/C19H22N2O6/c1-12(22)13-4-7-15(16(8-13)25-3)26-10-18(24)27-9-17(23)21-19(2,11-20)14-5-6-14/h4,7-8,14H,5-6,9-10H2,1-3H3,(H,21,23)/t19-/m1/s1. The Morgan fingerprint density at radius 1 is 1.26 bits per heavy atom. The summed E-state index contributed by atoms with van der Waals surface area (Å²) in [7, 11) is 1.42. The van der Waals surface area contributed by atoms with Crippen LogP contribution in [0, 0.1) is 17.2 Å². The minimum atomic E-state index is -0.939. The first-order valence-electron chi connectivity index (χ1n) is 8.48. The maximum atomic E-state index is 11.9. The second kappa shape index (κ2) is 8.54. The number of nitrogens with one attached hydrogen (secondary N) is 1. The molecular weight excluding hydrogens is 352 g/mol. The first-order valence-corrected chi connectivity index (χ1v) is 8.48. The van der Waals surface area contributed by atoms with E-state index in [1.807, 2.05) is 0 Å². The molecule has 144 valence electrons. The molecule has 2 rings (SSSR count). The third-order valence-electron chi connectivity index (χ3n) is 4.31. The molecule has 0 saturated heterocycles. The Hall–Kier alpha value is -3.08. The fourth-order valence-electron chi connectivity index (χ4n) is 2.54. The lowest BCUT2D eigenvalue weighted by atomic mass is 9.98. The molecule has 0 aliphatic heterocycles. The summed E-state index contributed by atoms with van der Waals surface area (Å²) in [6, 6.07) is 6.68. The lowest BCUT2D eigenvalue weighted by molar-refractivity contribution is -0.150. The Labute approximate surface area is 157 Å². The van der Waals surface area contributed by atoms with Crippen molar-refractivity contribution in [1.29, 1.82) is 5.26 Å². The Kier molecular flexibility index (Phi) is 6.40. The molecule has 0 heterocycles. The van der Waals surface area contributed by atoms with Gasteiger partial charge in [-0.05, 0) is 50.8 Å². The number of ether oxygens (including phenoxy) is 3. The molecule has 1 aromatic carbocycles. The summed E-state index contributed by atoms with van der Waals surface area (Å²) in [5.74, 6) is -0.690. The number of nitriles is 1. The Morgan fingerprint density at radius 3 is 2.52 bits per heavy atom. The van der Waals surface area contributed by atoms with Gasteiger partial charge >= 0.3 is 5.97 Å². The van der Waals surface area contributed by atoms with Crippen LogP contribution in [-0.4, -0.2) is 43.5 Å². The van der Waals surface area contributed by atoms with Crippen molar-refractivity contribution in [3.8, 4) is 17.6 Å². The van der Waals surface area contributed by atoms with E-state index in [4.69, 9.17) is 14.2 Å². The Bertz CT molecular complexity index is 781. The van der Waals surface area contributed by atoms with Crippen LogP contribution in [0.5, 0.6) is 11.5 Å². The van der Waals surface area contributed by atoms with Crippen molar-refractivity contribution in [2.24, 2.45) is 5.92 Å². The number of rotatable bonds is 9. The normalized spacial score (nSPS) is 15.0. The fraction of sp³-hybridized carbons (Fsp3) is 0.474. The molecule has 27 heavy (non-hydrogen) atoms. The molecule has 1 aliphatic rings. The van der Waals surface area contributed by atoms with Crippen LogP contribution in [0.15, 0.2) is 18.2 Å². The number of hydrogen-bond donors (Lipinski definition) is 1. The van der Waals surface area contributed by atoms with Gasteiger partial charge in [-0.3, -0.25) is 9.59 Å². The molecule has 0 bridgehead atoms. The number of nitrogens with zero attached hydrogens (tertiary/aromatic N) is 1. The number of ketones is 1. The number of carbonyl (C=O) groups excluding carboxylic acids is 3. The van der Waals surface area contributed by atoms with Crippen molar-refractivity contribution in [3.05, 3.63) is 23.8 Å². The van der Waals surface area contributed by atoms with Crippen LogP contribution >= 0.6 is 0 Å². The molecule has 8 heteroatoms. The average molecular weight is 374 g/mol. The zero-order chi connectivity index (χ0) is 20.0. The van der Waals surface area contributed by atoms with Crippen molar-refractivity contribution >= 4 is 17.7 Å². The predicted molar refractivity (Wildman–Crippen MR) is 94.3 cm³/mol. The average Bonchev–Trinajstić information content (AvgIpc) is 3.50. The highest BCUT2D eigenvalue weighted by molar-refractivity contribution is 5.94. The van der Waals surface area contributed by atoms with Crippen LogP contribution in [0.25, 0.3) is 0 Å². The molecule has 1 amide bonds. The minimum absolute atomic E-state index is 0.124. The highest BCUT2D eigenvalue weighted by atomic mass is 16.6. The van der Waals surface area contributed by atoms with E-state index in [2.05, 4.69) is 11.4 Å². The third kappa shape index (κ3) is 5.45. The minimum Gasteiger partial charge on any atom is -0.493 e. The number of amides is 1. The van der Waals surface area contributed by atoms with Gasteiger partial charge in [0, 0.05) is 5.56 Å². The van der Waals surface area contributed by atoms with Gasteiger partial charge in [-0.25, -0.2) is 4.79 Å². The van der Waals surface area contributed by atoms with E-state index < -0.39 is 30.6 Å². The Balaban J connectivity index is 1.82. The van der Waals surface area contributed by atoms with E-state index in [1.54, 1.807) is 13.0 Å². The van der Waals surface area contributed by atoms with E-state index in [1.165, 1.54) is 26.2 Å². The summed E-state index contributed by atoms with van der Waals surface area (Å²) in [6.45, 7) is 2.16. The molecule has 1 N–H and O–H groups in total. The zero-order valence-electron chi connectivity index (χ0n) is 15.5. The quantitative estimate of drug-likeness (QED) is 0.516. The van der Waals surface area contributed by atoms with Crippen LogP contribution in [0.1, 0.15) is 37.0 Å². The molecule has 0 unspecified atom stereocenters. The number of hydrogen-bond acceptors (Lipinski definition) is 7. The van der Waals surface area contributed by atoms with Gasteiger partial charge in [-0.1, -0.05) is 0 Å². The summed E-state index contributed by atoms with van der Waals surface area (Å²) >= 11 is 0. The second-order valence-corrected chi connectivity index (χ2v) is 6.51. The summed E-state index contributed by atoms with van der Waals surface area (Å²) < 4.78 is 15.3. The zero-order valence-corrected chi connectivity index (χ0v) is 15.5. The van der Waals surface area contributed by atoms with Gasteiger partial charge in [0.25, 0.3) is 5.91 Å². The van der Waals surface area contributed by atoms with Crippen LogP contribution in [0.3, 0.4) is 0 Å². The third-order valence-corrected chi connectivity index (χ3v) is 4.31. The maximum Gasteiger partial charge on any atom is 0.344 e. The monoisotopic (exact) mass is 374 g/mol. The van der Waals surface area contributed by atoms with Crippen molar-refractivity contribution < 1.29 is 28.6 Å². The van der Waals surface area contributed by atoms with E-state index in [0.717, 1.165) is 12.8 Å². The van der Waals surface area contributed by atoms with Gasteiger partial charge in [0.05, 0.1) is 13.2 Å². The van der Waals surface area contributed by atoms with Crippen LogP contribution in [-0.2, 0) is 14.3 Å². The fourth-order valence-corrected chi connectivity index (χ4v) is 2.54. The highest BCUT2D eigenvalue weighted by Gasteiger charge is 2.43. The van der Waals surface area contributed by atoms with Crippen LogP contribution in [0.2, 0.25) is 0 Å². The van der Waals surface area contributed by atoms with Crippen LogP contribution in [0.4, 0.5) is 0 Å². The van der Waals surface area contributed by atoms with Crippen molar-refractivity contribution in [2.75, 3.05) is 20.3 Å². The first-order chi connectivity index (χ1) is 12.8. The molecule has 1 fully saturated rings. The molecule has 0 radical (unpaired) electrons. The van der Waals surface area contributed by atoms with Crippen molar-refractivity contribution in [1.82, 2.24) is 5.32 Å². The van der Waals surface area contributed by atoms with Gasteiger partial charge in [-0.15, -0.1) is 0 Å². The van der Waals surface area contributed by atoms with E-state index in [9.17, 15) is 19.6 Å². The van der Waals surface area contributed by atoms with E-state index in [-0.39, 0.29) is 17.5 Å². The van der Waals surface area contributed by atoms with Crippen LogP contribution < -0.4 is 14.8 Å². The van der Waals surface area contributed by atoms with Crippen molar-refractivity contribution in [3.63, 3.8) is 0 Å². The number of methoxy groups -OCH3 is 1. The van der Waals surface area contributed by atoms with Gasteiger partial charge in [0.15, 0.2) is 30.5 Å². The van der Waals surface area contributed by atoms with E-state index in [0.29, 0.717) is 11.3 Å². The molecule has 8 nitrogen and oxygen atoms in total. The second-order valence-electron chi connectivity index (χ2n) is 6.51. The lowest BCUT2D eigenvalue weighted by Gasteiger charge is -2.22. The van der Waals surface area contributed by atoms with Gasteiger partial charge in [-0.2, -0.15) is 5.26 Å². The first kappa shape index (κ1) is 20.2. The summed E-state index contributed by atoms with van der Waals surface area (Å²) in [6.07, 6.45) is 1.78. The van der Waals surface area contributed by atoms with E-state index >= 15 is 0 Å². The molecule has 1 aromatic rings. The molecule has 1 aliphatic carbocycles. The smallest absolute Gasteiger partial charge is 0.344 e. The van der Waals surface area contributed by atoms with Crippen molar-refractivity contribution in [2.45, 2.75) is 32.2 Å². The highest BCUT2D eigenvalue weighted by Crippen LogP contribution is 2.39. The SMILES string of the molecule is COc1cc(C(C)=O)ccc1OCC(=O)OCC(=O)N[C@](C)(C#N)C1CC1. The van der Waals surface area contributed by atoms with Gasteiger partial charge in [0.2, 0.25) is 0 Å². The Morgan fingerprint density at radius 2 is 1.96 bits per heavy atom. The molecular formula is C19H22N2O6. The molecule has 0 spiro atoms. The summed E-state index contributed by atoms with van der Waals surface area (Å²) in [5, 5.41) is 11.8. The lowest BCUT2D eigenvalue weighted by Crippen LogP contribution is -2.48. The topological polar surface area (TPSA) is 115 Å². The maximum absolute atomic E-state index is 11.9. The number of esters is 1. The van der Waals surface area contributed by atoms with Gasteiger partial charge in [0.1, 0.15) is 5.54 Å². The molecule has 0 aromatic heterocycles.